The number of carbonyl (C=O) groups is 2. The van der Waals surface area contributed by atoms with Crippen LogP contribution in [-0.2, 0) is 20.7 Å². The van der Waals surface area contributed by atoms with Gasteiger partial charge in [-0.1, -0.05) is 42.8 Å². The van der Waals surface area contributed by atoms with Gasteiger partial charge < -0.3 is 19.5 Å². The minimum absolute atomic E-state index is 0.188. The summed E-state index contributed by atoms with van der Waals surface area (Å²) >= 11 is 6.14. The molecule has 1 amide bonds. The van der Waals surface area contributed by atoms with E-state index in [1.54, 1.807) is 12.1 Å². The second kappa shape index (κ2) is 11.3. The van der Waals surface area contributed by atoms with Crippen molar-refractivity contribution >= 4 is 29.6 Å². The van der Waals surface area contributed by atoms with Crippen LogP contribution in [-0.4, -0.2) is 32.7 Å². The molecule has 0 aliphatic rings. The summed E-state index contributed by atoms with van der Waals surface area (Å²) in [5.41, 5.74) is 2.84. The van der Waals surface area contributed by atoms with Crippen LogP contribution in [0.25, 0.3) is 6.08 Å². The highest BCUT2D eigenvalue weighted by Gasteiger charge is 2.12. The first kappa shape index (κ1) is 23.3. The van der Waals surface area contributed by atoms with Gasteiger partial charge in [-0.15, -0.1) is 0 Å². The van der Waals surface area contributed by atoms with E-state index in [1.807, 2.05) is 31.2 Å². The molecule has 30 heavy (non-hydrogen) atoms. The molecule has 160 valence electrons. The van der Waals surface area contributed by atoms with Crippen LogP contribution in [0, 0.1) is 0 Å². The van der Waals surface area contributed by atoms with Crippen molar-refractivity contribution < 1.29 is 23.8 Å². The molecule has 0 aliphatic carbocycles. The first-order valence-corrected chi connectivity index (χ1v) is 9.90. The zero-order valence-corrected chi connectivity index (χ0v) is 18.3. The number of amides is 1. The SMILES string of the molecule is CCc1ccc(C(C)NC(=O)COC(=O)/C=C/c2cc(Cl)c(OC)c(OC)c2)cc1. The molecule has 1 atom stereocenters. The van der Waals surface area contributed by atoms with E-state index in [1.165, 1.54) is 31.9 Å². The second-order valence-electron chi connectivity index (χ2n) is 6.56. The maximum atomic E-state index is 12.1. The van der Waals surface area contributed by atoms with Gasteiger partial charge in [0.1, 0.15) is 0 Å². The lowest BCUT2D eigenvalue weighted by Crippen LogP contribution is -2.30. The Hall–Kier alpha value is -2.99. The van der Waals surface area contributed by atoms with Gasteiger partial charge in [0.05, 0.1) is 25.3 Å². The maximum absolute atomic E-state index is 12.1. The fourth-order valence-electron chi connectivity index (χ4n) is 2.79. The number of esters is 1. The monoisotopic (exact) mass is 431 g/mol. The van der Waals surface area contributed by atoms with Gasteiger partial charge in [0.2, 0.25) is 0 Å². The molecule has 2 aromatic rings. The third kappa shape index (κ3) is 6.52. The highest BCUT2D eigenvalue weighted by Crippen LogP contribution is 2.36. The van der Waals surface area contributed by atoms with Crippen LogP contribution in [0.3, 0.4) is 0 Å². The molecule has 0 aliphatic heterocycles. The molecule has 0 bridgehead atoms. The molecule has 2 aromatic carbocycles. The lowest BCUT2D eigenvalue weighted by molar-refractivity contribution is -0.144. The van der Waals surface area contributed by atoms with E-state index in [0.29, 0.717) is 22.1 Å². The summed E-state index contributed by atoms with van der Waals surface area (Å²) in [6.07, 6.45) is 3.70. The Balaban J connectivity index is 1.87. The Morgan fingerprint density at radius 2 is 1.83 bits per heavy atom. The van der Waals surface area contributed by atoms with Gasteiger partial charge in [-0.05, 0) is 48.2 Å². The van der Waals surface area contributed by atoms with E-state index < -0.39 is 5.97 Å². The number of halogens is 1. The molecule has 2 rings (SSSR count). The topological polar surface area (TPSA) is 73.9 Å². The van der Waals surface area contributed by atoms with Crippen LogP contribution in [0.1, 0.15) is 36.6 Å². The standard InChI is InChI=1S/C23H26ClNO5/c1-5-16-6-9-18(10-7-16)15(2)25-21(26)14-30-22(27)11-8-17-12-19(24)23(29-4)20(13-17)28-3/h6-13,15H,5,14H2,1-4H3,(H,25,26)/b11-8+. The summed E-state index contributed by atoms with van der Waals surface area (Å²) in [6, 6.07) is 11.1. The van der Waals surface area contributed by atoms with Gasteiger partial charge in [-0.25, -0.2) is 4.79 Å². The van der Waals surface area contributed by atoms with Crippen molar-refractivity contribution in [3.05, 3.63) is 64.2 Å². The van der Waals surface area contributed by atoms with Crippen LogP contribution < -0.4 is 14.8 Å². The summed E-state index contributed by atoms with van der Waals surface area (Å²) < 4.78 is 15.4. The van der Waals surface area contributed by atoms with Gasteiger partial charge in [0.15, 0.2) is 18.1 Å². The van der Waals surface area contributed by atoms with Crippen molar-refractivity contribution in [1.29, 1.82) is 0 Å². The molecular formula is C23H26ClNO5. The van der Waals surface area contributed by atoms with E-state index in [2.05, 4.69) is 12.2 Å². The van der Waals surface area contributed by atoms with Crippen LogP contribution in [0.4, 0.5) is 0 Å². The number of rotatable bonds is 9. The number of hydrogen-bond donors (Lipinski definition) is 1. The van der Waals surface area contributed by atoms with Gasteiger partial charge in [-0.2, -0.15) is 0 Å². The Labute approximate surface area is 181 Å². The molecule has 0 saturated carbocycles. The van der Waals surface area contributed by atoms with Crippen molar-refractivity contribution in [1.82, 2.24) is 5.32 Å². The number of aryl methyl sites for hydroxylation is 1. The first-order valence-electron chi connectivity index (χ1n) is 9.52. The third-order valence-electron chi connectivity index (χ3n) is 4.48. The van der Waals surface area contributed by atoms with E-state index in [0.717, 1.165) is 12.0 Å². The van der Waals surface area contributed by atoms with Crippen molar-refractivity contribution in [2.45, 2.75) is 26.3 Å². The number of hydrogen-bond acceptors (Lipinski definition) is 5. The average molecular weight is 432 g/mol. The minimum Gasteiger partial charge on any atom is -0.493 e. The molecule has 1 unspecified atom stereocenters. The van der Waals surface area contributed by atoms with Crippen molar-refractivity contribution in [3.63, 3.8) is 0 Å². The Morgan fingerprint density at radius 1 is 1.13 bits per heavy atom. The molecular weight excluding hydrogens is 406 g/mol. The Kier molecular flexibility index (Phi) is 8.74. The first-order chi connectivity index (χ1) is 14.4. The summed E-state index contributed by atoms with van der Waals surface area (Å²) in [6.45, 7) is 3.59. The fourth-order valence-corrected chi connectivity index (χ4v) is 3.09. The highest BCUT2D eigenvalue weighted by atomic mass is 35.5. The zero-order chi connectivity index (χ0) is 22.1. The number of nitrogens with one attached hydrogen (secondary N) is 1. The molecule has 1 N–H and O–H groups in total. The molecule has 0 saturated heterocycles. The molecule has 0 radical (unpaired) electrons. The van der Waals surface area contributed by atoms with E-state index in [-0.39, 0.29) is 18.6 Å². The molecule has 0 heterocycles. The number of ether oxygens (including phenoxy) is 3. The minimum atomic E-state index is -0.643. The van der Waals surface area contributed by atoms with Gasteiger partial charge >= 0.3 is 5.97 Å². The predicted molar refractivity (Wildman–Crippen MR) is 117 cm³/mol. The van der Waals surface area contributed by atoms with Gasteiger partial charge in [0, 0.05) is 6.08 Å². The summed E-state index contributed by atoms with van der Waals surface area (Å²) in [7, 11) is 2.98. The highest BCUT2D eigenvalue weighted by molar-refractivity contribution is 6.32. The lowest BCUT2D eigenvalue weighted by Gasteiger charge is -2.14. The summed E-state index contributed by atoms with van der Waals surface area (Å²) in [4.78, 5) is 24.0. The number of methoxy groups -OCH3 is 2. The molecule has 6 nitrogen and oxygen atoms in total. The van der Waals surface area contributed by atoms with E-state index in [9.17, 15) is 9.59 Å². The van der Waals surface area contributed by atoms with E-state index in [4.69, 9.17) is 25.8 Å². The number of benzene rings is 2. The second-order valence-corrected chi connectivity index (χ2v) is 6.97. The van der Waals surface area contributed by atoms with Crippen molar-refractivity contribution in [2.75, 3.05) is 20.8 Å². The third-order valence-corrected chi connectivity index (χ3v) is 4.76. The predicted octanol–water partition coefficient (Wildman–Crippen LogP) is 4.35. The summed E-state index contributed by atoms with van der Waals surface area (Å²) in [5.74, 6) is -0.165. The Morgan fingerprint density at radius 3 is 2.43 bits per heavy atom. The molecule has 7 heteroatoms. The number of carbonyl (C=O) groups excluding carboxylic acids is 2. The normalized spacial score (nSPS) is 11.8. The molecule has 0 aromatic heterocycles. The van der Waals surface area contributed by atoms with Gasteiger partial charge in [0.25, 0.3) is 5.91 Å². The fraction of sp³-hybridized carbons (Fsp3) is 0.304. The van der Waals surface area contributed by atoms with Crippen LogP contribution >= 0.6 is 11.6 Å². The van der Waals surface area contributed by atoms with Crippen LogP contribution in [0.15, 0.2) is 42.5 Å². The Bertz CT molecular complexity index is 909. The zero-order valence-electron chi connectivity index (χ0n) is 17.5. The summed E-state index contributed by atoms with van der Waals surface area (Å²) in [5, 5.41) is 3.16. The van der Waals surface area contributed by atoms with Gasteiger partial charge in [-0.3, -0.25) is 4.79 Å². The quantitative estimate of drug-likeness (QED) is 0.472. The van der Waals surface area contributed by atoms with Crippen molar-refractivity contribution in [3.8, 4) is 11.5 Å². The molecule has 0 spiro atoms. The average Bonchev–Trinajstić information content (AvgIpc) is 2.75. The largest absolute Gasteiger partial charge is 0.493 e. The van der Waals surface area contributed by atoms with Crippen LogP contribution in [0.2, 0.25) is 5.02 Å². The van der Waals surface area contributed by atoms with Crippen LogP contribution in [0.5, 0.6) is 11.5 Å². The molecule has 0 fully saturated rings. The van der Waals surface area contributed by atoms with Crippen molar-refractivity contribution in [2.24, 2.45) is 0 Å². The smallest absolute Gasteiger partial charge is 0.331 e. The lowest BCUT2D eigenvalue weighted by atomic mass is 10.1. The van der Waals surface area contributed by atoms with E-state index >= 15 is 0 Å². The maximum Gasteiger partial charge on any atom is 0.331 e.